The summed E-state index contributed by atoms with van der Waals surface area (Å²) in [5.41, 5.74) is 5.65. The molecule has 0 aromatic heterocycles. The van der Waals surface area contributed by atoms with Crippen LogP contribution in [0.3, 0.4) is 0 Å². The van der Waals surface area contributed by atoms with Crippen molar-refractivity contribution in [2.75, 3.05) is 6.54 Å². The highest BCUT2D eigenvalue weighted by Crippen LogP contribution is 2.50. The quantitative estimate of drug-likeness (QED) is 0.727. The molecule has 0 aromatic carbocycles. The zero-order chi connectivity index (χ0) is 12.4. The molecule has 0 radical (unpaired) electrons. The van der Waals surface area contributed by atoms with Gasteiger partial charge in [0, 0.05) is 12.0 Å². The van der Waals surface area contributed by atoms with Crippen LogP contribution in [0.25, 0.3) is 0 Å². The molecule has 2 aliphatic carbocycles. The van der Waals surface area contributed by atoms with E-state index in [4.69, 9.17) is 5.73 Å². The summed E-state index contributed by atoms with van der Waals surface area (Å²) in [7, 11) is 0. The highest BCUT2D eigenvalue weighted by molar-refractivity contribution is 5.01. The zero-order valence-electron chi connectivity index (χ0n) is 11.4. The molecule has 0 amide bonds. The van der Waals surface area contributed by atoms with Crippen molar-refractivity contribution >= 4 is 0 Å². The molecule has 17 heavy (non-hydrogen) atoms. The third-order valence-corrected chi connectivity index (χ3v) is 5.53. The molecule has 0 bridgehead atoms. The van der Waals surface area contributed by atoms with Gasteiger partial charge in [0.25, 0.3) is 0 Å². The number of hydrogen-bond acceptors (Lipinski definition) is 2. The third-order valence-electron chi connectivity index (χ3n) is 5.53. The Bertz CT molecular complexity index is 247. The lowest BCUT2D eigenvalue weighted by atomic mass is 9.60. The highest BCUT2D eigenvalue weighted by Gasteiger charge is 2.49. The summed E-state index contributed by atoms with van der Waals surface area (Å²) in [6.07, 6.45) is 11.7. The van der Waals surface area contributed by atoms with Crippen LogP contribution in [-0.4, -0.2) is 17.3 Å². The minimum atomic E-state index is -0.465. The van der Waals surface area contributed by atoms with Crippen molar-refractivity contribution < 1.29 is 5.11 Å². The van der Waals surface area contributed by atoms with Gasteiger partial charge >= 0.3 is 0 Å². The van der Waals surface area contributed by atoms with E-state index in [0.29, 0.717) is 6.54 Å². The molecule has 0 aromatic rings. The lowest BCUT2D eigenvalue weighted by molar-refractivity contribution is -0.109. The van der Waals surface area contributed by atoms with Crippen LogP contribution in [-0.2, 0) is 0 Å². The van der Waals surface area contributed by atoms with E-state index in [9.17, 15) is 5.11 Å². The molecule has 0 aliphatic heterocycles. The minimum absolute atomic E-state index is 0.0370. The second-order valence-corrected chi connectivity index (χ2v) is 6.61. The van der Waals surface area contributed by atoms with Crippen molar-refractivity contribution in [3.05, 3.63) is 0 Å². The molecular formula is C15H29NO. The molecule has 2 saturated carbocycles. The monoisotopic (exact) mass is 239 g/mol. The maximum atomic E-state index is 11.2. The van der Waals surface area contributed by atoms with Gasteiger partial charge in [-0.2, -0.15) is 0 Å². The van der Waals surface area contributed by atoms with Crippen LogP contribution in [0.2, 0.25) is 0 Å². The normalized spacial score (nSPS) is 38.6. The SMILES string of the molecule is CC1CCCC(O)(C2(CN)CCCCC2)CC1. The van der Waals surface area contributed by atoms with Gasteiger partial charge in [-0.25, -0.2) is 0 Å². The highest BCUT2D eigenvalue weighted by atomic mass is 16.3. The maximum Gasteiger partial charge on any atom is 0.0715 e. The first-order valence-electron chi connectivity index (χ1n) is 7.54. The largest absolute Gasteiger partial charge is 0.389 e. The zero-order valence-corrected chi connectivity index (χ0v) is 11.4. The first kappa shape index (κ1) is 13.4. The van der Waals surface area contributed by atoms with E-state index in [0.717, 1.165) is 31.6 Å². The molecule has 2 fully saturated rings. The molecule has 2 nitrogen and oxygen atoms in total. The number of rotatable bonds is 2. The van der Waals surface area contributed by atoms with Gasteiger partial charge in [-0.1, -0.05) is 39.0 Å². The van der Waals surface area contributed by atoms with E-state index in [-0.39, 0.29) is 5.41 Å². The van der Waals surface area contributed by atoms with Crippen molar-refractivity contribution in [2.45, 2.75) is 76.7 Å². The number of nitrogens with two attached hydrogens (primary N) is 1. The van der Waals surface area contributed by atoms with E-state index in [2.05, 4.69) is 6.92 Å². The summed E-state index contributed by atoms with van der Waals surface area (Å²) in [6, 6.07) is 0. The van der Waals surface area contributed by atoms with Gasteiger partial charge in [0.2, 0.25) is 0 Å². The van der Waals surface area contributed by atoms with Gasteiger partial charge in [0.15, 0.2) is 0 Å². The van der Waals surface area contributed by atoms with Crippen LogP contribution in [0.4, 0.5) is 0 Å². The van der Waals surface area contributed by atoms with Gasteiger partial charge in [0.1, 0.15) is 0 Å². The van der Waals surface area contributed by atoms with E-state index in [1.54, 1.807) is 0 Å². The second kappa shape index (κ2) is 5.27. The fraction of sp³-hybridized carbons (Fsp3) is 1.00. The number of aliphatic hydroxyl groups is 1. The Labute approximate surface area is 106 Å². The Morgan fingerprint density at radius 2 is 1.71 bits per heavy atom. The van der Waals surface area contributed by atoms with Gasteiger partial charge in [-0.15, -0.1) is 0 Å². The molecule has 0 spiro atoms. The van der Waals surface area contributed by atoms with Gasteiger partial charge in [-0.05, 0) is 38.0 Å². The first-order valence-corrected chi connectivity index (χ1v) is 7.54. The maximum absolute atomic E-state index is 11.2. The lowest BCUT2D eigenvalue weighted by Crippen LogP contribution is -2.53. The Kier molecular flexibility index (Phi) is 4.14. The van der Waals surface area contributed by atoms with Gasteiger partial charge in [-0.3, -0.25) is 0 Å². The lowest BCUT2D eigenvalue weighted by Gasteiger charge is -2.49. The summed E-state index contributed by atoms with van der Waals surface area (Å²) in [4.78, 5) is 0. The van der Waals surface area contributed by atoms with E-state index in [1.165, 1.54) is 38.5 Å². The molecular weight excluding hydrogens is 210 g/mol. The molecule has 2 rings (SSSR count). The first-order chi connectivity index (χ1) is 8.12. The third kappa shape index (κ3) is 2.53. The van der Waals surface area contributed by atoms with Crippen LogP contribution in [0, 0.1) is 11.3 Å². The topological polar surface area (TPSA) is 46.2 Å². The molecule has 3 N–H and O–H groups in total. The smallest absolute Gasteiger partial charge is 0.0715 e. The van der Waals surface area contributed by atoms with E-state index in [1.807, 2.05) is 0 Å². The molecule has 0 heterocycles. The summed E-state index contributed by atoms with van der Waals surface area (Å²) in [5, 5.41) is 11.2. The predicted molar refractivity (Wildman–Crippen MR) is 71.8 cm³/mol. The van der Waals surface area contributed by atoms with Crippen LogP contribution >= 0.6 is 0 Å². The molecule has 2 aliphatic rings. The summed E-state index contributed by atoms with van der Waals surface area (Å²) < 4.78 is 0. The van der Waals surface area contributed by atoms with E-state index >= 15 is 0 Å². The fourth-order valence-electron chi connectivity index (χ4n) is 4.12. The molecule has 0 saturated heterocycles. The summed E-state index contributed by atoms with van der Waals surface area (Å²) >= 11 is 0. The molecule has 2 heteroatoms. The van der Waals surface area contributed by atoms with Crippen molar-refractivity contribution in [3.63, 3.8) is 0 Å². The predicted octanol–water partition coefficient (Wildman–Crippen LogP) is 3.23. The van der Waals surface area contributed by atoms with Crippen molar-refractivity contribution in [2.24, 2.45) is 17.1 Å². The summed E-state index contributed by atoms with van der Waals surface area (Å²) in [5.74, 6) is 0.780. The van der Waals surface area contributed by atoms with Crippen LogP contribution in [0.1, 0.15) is 71.1 Å². The number of hydrogen-bond donors (Lipinski definition) is 2. The Morgan fingerprint density at radius 3 is 2.35 bits per heavy atom. The summed E-state index contributed by atoms with van der Waals surface area (Å²) in [6.45, 7) is 3.00. The Morgan fingerprint density at radius 1 is 1.00 bits per heavy atom. The van der Waals surface area contributed by atoms with Crippen LogP contribution < -0.4 is 5.73 Å². The standard InChI is InChI=1S/C15H29NO/c1-13-6-5-10-15(17,11-7-13)14(12-16)8-3-2-4-9-14/h13,17H,2-12,16H2,1H3. The van der Waals surface area contributed by atoms with Crippen LogP contribution in [0.5, 0.6) is 0 Å². The van der Waals surface area contributed by atoms with Crippen molar-refractivity contribution in [1.29, 1.82) is 0 Å². The average Bonchev–Trinajstić information content (AvgIpc) is 2.53. The van der Waals surface area contributed by atoms with Crippen molar-refractivity contribution in [1.82, 2.24) is 0 Å². The van der Waals surface area contributed by atoms with Crippen molar-refractivity contribution in [3.8, 4) is 0 Å². The molecule has 2 unspecified atom stereocenters. The van der Waals surface area contributed by atoms with Crippen LogP contribution in [0.15, 0.2) is 0 Å². The molecule has 2 atom stereocenters. The Hall–Kier alpha value is -0.0800. The van der Waals surface area contributed by atoms with Gasteiger partial charge in [0.05, 0.1) is 5.60 Å². The molecule has 100 valence electrons. The Balaban J connectivity index is 2.15. The minimum Gasteiger partial charge on any atom is -0.389 e. The van der Waals surface area contributed by atoms with Gasteiger partial charge < -0.3 is 10.8 Å². The fourth-order valence-corrected chi connectivity index (χ4v) is 4.12. The van der Waals surface area contributed by atoms with E-state index < -0.39 is 5.60 Å². The second-order valence-electron chi connectivity index (χ2n) is 6.61. The average molecular weight is 239 g/mol.